The normalized spacial score (nSPS) is 18.7. The van der Waals surface area contributed by atoms with Gasteiger partial charge in [-0.15, -0.1) is 0 Å². The molecule has 0 aliphatic carbocycles. The molecular formula is C24H29Cl2NO5S. The van der Waals surface area contributed by atoms with E-state index in [0.29, 0.717) is 36.0 Å². The number of benzene rings is 2. The van der Waals surface area contributed by atoms with Crippen LogP contribution in [0.3, 0.4) is 0 Å². The van der Waals surface area contributed by atoms with Gasteiger partial charge < -0.3 is 9.64 Å². The molecule has 0 bridgehead atoms. The zero-order valence-corrected chi connectivity index (χ0v) is 21.3. The maximum absolute atomic E-state index is 13.1. The minimum atomic E-state index is -3.56. The molecule has 0 saturated carbocycles. The summed E-state index contributed by atoms with van der Waals surface area (Å²) in [5, 5.41) is 0.863. The lowest BCUT2D eigenvalue weighted by Crippen LogP contribution is -2.36. The minimum Gasteiger partial charge on any atom is -0.491 e. The zero-order chi connectivity index (χ0) is 24.2. The Morgan fingerprint density at radius 2 is 1.91 bits per heavy atom. The number of likely N-dealkylation sites (tertiary alicyclic amines) is 1. The van der Waals surface area contributed by atoms with E-state index in [0.717, 1.165) is 23.1 Å². The van der Waals surface area contributed by atoms with Crippen molar-refractivity contribution in [2.24, 2.45) is 0 Å². The third-order valence-electron chi connectivity index (χ3n) is 5.74. The van der Waals surface area contributed by atoms with Crippen LogP contribution in [0.15, 0.2) is 42.5 Å². The second kappa shape index (κ2) is 10.6. The summed E-state index contributed by atoms with van der Waals surface area (Å²) in [5.74, 6) is 0.738. The summed E-state index contributed by atoms with van der Waals surface area (Å²) in [7, 11) is -3.56. The van der Waals surface area contributed by atoms with E-state index >= 15 is 0 Å². The molecule has 6 nitrogen and oxygen atoms in total. The number of hydrogen-bond acceptors (Lipinski definition) is 5. The molecule has 0 spiro atoms. The number of carbonyl (C=O) groups excluding carboxylic acids is 1. The van der Waals surface area contributed by atoms with Crippen molar-refractivity contribution in [1.82, 2.24) is 4.90 Å². The fourth-order valence-electron chi connectivity index (χ4n) is 4.17. The molecule has 1 aliphatic rings. The highest BCUT2D eigenvalue weighted by Crippen LogP contribution is 2.40. The molecule has 0 aromatic heterocycles. The highest BCUT2D eigenvalue weighted by molar-refractivity contribution is 7.85. The first kappa shape index (κ1) is 25.8. The van der Waals surface area contributed by atoms with Gasteiger partial charge in [0.15, 0.2) is 0 Å². The van der Waals surface area contributed by atoms with E-state index in [4.69, 9.17) is 32.1 Å². The third kappa shape index (κ3) is 7.09. The first-order valence-corrected chi connectivity index (χ1v) is 13.4. The molecule has 9 heteroatoms. The van der Waals surface area contributed by atoms with E-state index < -0.39 is 15.5 Å². The molecule has 0 unspecified atom stereocenters. The van der Waals surface area contributed by atoms with Gasteiger partial charge in [0, 0.05) is 18.5 Å². The van der Waals surface area contributed by atoms with Gasteiger partial charge in [-0.2, -0.15) is 8.42 Å². The van der Waals surface area contributed by atoms with Crippen LogP contribution in [0.5, 0.6) is 5.75 Å². The van der Waals surface area contributed by atoms with E-state index in [1.807, 2.05) is 49.1 Å². The van der Waals surface area contributed by atoms with Crippen LogP contribution in [0.2, 0.25) is 10.0 Å². The highest BCUT2D eigenvalue weighted by Gasteiger charge is 2.41. The smallest absolute Gasteiger partial charge is 0.264 e. The number of nitrogens with zero attached hydrogens (tertiary/aromatic N) is 1. The lowest BCUT2D eigenvalue weighted by atomic mass is 9.77. The van der Waals surface area contributed by atoms with Gasteiger partial charge in [0.05, 0.1) is 35.4 Å². The quantitative estimate of drug-likeness (QED) is 0.447. The SMILES string of the molecule is CC(C)Oc1cccc(CC(=O)N2CC[C@](CCOS(C)(=O)=O)(c3ccc(Cl)c(Cl)c3)C2)c1. The minimum absolute atomic E-state index is 0.00247. The number of carbonyl (C=O) groups is 1. The van der Waals surface area contributed by atoms with E-state index in [1.54, 1.807) is 12.1 Å². The molecule has 1 amide bonds. The Balaban J connectivity index is 1.77. The van der Waals surface area contributed by atoms with Crippen LogP contribution < -0.4 is 4.74 Å². The summed E-state index contributed by atoms with van der Waals surface area (Å²) in [5.41, 5.74) is 1.32. The van der Waals surface area contributed by atoms with Crippen LogP contribution in [0, 0.1) is 0 Å². The van der Waals surface area contributed by atoms with Gasteiger partial charge in [0.1, 0.15) is 5.75 Å². The van der Waals surface area contributed by atoms with Gasteiger partial charge in [-0.05, 0) is 62.1 Å². The Hall–Kier alpha value is -1.80. The van der Waals surface area contributed by atoms with E-state index in [9.17, 15) is 13.2 Å². The van der Waals surface area contributed by atoms with Crippen LogP contribution in [0.4, 0.5) is 0 Å². The molecule has 1 atom stereocenters. The molecule has 1 heterocycles. The highest BCUT2D eigenvalue weighted by atomic mass is 35.5. The van der Waals surface area contributed by atoms with Crippen molar-refractivity contribution in [1.29, 1.82) is 0 Å². The molecule has 1 saturated heterocycles. The maximum atomic E-state index is 13.1. The molecule has 2 aromatic rings. The fourth-order valence-corrected chi connectivity index (χ4v) is 4.86. The Kier molecular flexibility index (Phi) is 8.32. The lowest BCUT2D eigenvalue weighted by molar-refractivity contribution is -0.129. The summed E-state index contributed by atoms with van der Waals surface area (Å²) in [4.78, 5) is 15.0. The summed E-state index contributed by atoms with van der Waals surface area (Å²) < 4.78 is 33.7. The molecule has 0 N–H and O–H groups in total. The summed E-state index contributed by atoms with van der Waals surface area (Å²) in [6, 6.07) is 13.0. The van der Waals surface area contributed by atoms with Gasteiger partial charge in [-0.25, -0.2) is 0 Å². The molecule has 1 aliphatic heterocycles. The number of ether oxygens (including phenoxy) is 1. The van der Waals surface area contributed by atoms with Gasteiger partial charge in [-0.1, -0.05) is 41.4 Å². The van der Waals surface area contributed by atoms with Gasteiger partial charge >= 0.3 is 0 Å². The van der Waals surface area contributed by atoms with Gasteiger partial charge in [0.2, 0.25) is 5.91 Å². The third-order valence-corrected chi connectivity index (χ3v) is 7.08. The Labute approximate surface area is 205 Å². The van der Waals surface area contributed by atoms with Crippen LogP contribution in [-0.2, 0) is 30.9 Å². The second-order valence-corrected chi connectivity index (χ2v) is 11.2. The zero-order valence-electron chi connectivity index (χ0n) is 19.0. The largest absolute Gasteiger partial charge is 0.491 e. The van der Waals surface area contributed by atoms with Crippen molar-refractivity contribution in [3.05, 3.63) is 63.6 Å². The predicted octanol–water partition coefficient (Wildman–Crippen LogP) is 4.86. The number of halogens is 2. The monoisotopic (exact) mass is 513 g/mol. The number of hydrogen-bond donors (Lipinski definition) is 0. The summed E-state index contributed by atoms with van der Waals surface area (Å²) in [6.45, 7) is 4.94. The average molecular weight is 514 g/mol. The topological polar surface area (TPSA) is 72.9 Å². The van der Waals surface area contributed by atoms with Crippen molar-refractivity contribution < 1.29 is 22.1 Å². The van der Waals surface area contributed by atoms with E-state index in [-0.39, 0.29) is 25.0 Å². The first-order chi connectivity index (χ1) is 15.5. The molecule has 33 heavy (non-hydrogen) atoms. The van der Waals surface area contributed by atoms with Crippen molar-refractivity contribution >= 4 is 39.2 Å². The Bertz CT molecular complexity index is 1110. The number of amides is 1. The van der Waals surface area contributed by atoms with Crippen molar-refractivity contribution in [2.75, 3.05) is 26.0 Å². The van der Waals surface area contributed by atoms with E-state index in [1.165, 1.54) is 0 Å². The first-order valence-electron chi connectivity index (χ1n) is 10.8. The van der Waals surface area contributed by atoms with Crippen molar-refractivity contribution in [3.63, 3.8) is 0 Å². The lowest BCUT2D eigenvalue weighted by Gasteiger charge is -2.30. The van der Waals surface area contributed by atoms with Crippen LogP contribution in [0.25, 0.3) is 0 Å². The van der Waals surface area contributed by atoms with Crippen LogP contribution in [0.1, 0.15) is 37.8 Å². The standard InChI is InChI=1S/C24H29Cl2NO5S/c1-17(2)32-20-6-4-5-18(13-20)14-23(28)27-11-9-24(16-27,10-12-31-33(3,29)30)19-7-8-21(25)22(26)15-19/h4-8,13,15,17H,9-12,14,16H2,1-3H3/t24-/m1/s1. The van der Waals surface area contributed by atoms with Crippen molar-refractivity contribution in [2.45, 2.75) is 44.6 Å². The summed E-state index contributed by atoms with van der Waals surface area (Å²) in [6.07, 6.45) is 2.43. The number of rotatable bonds is 9. The second-order valence-electron chi connectivity index (χ2n) is 8.74. The molecule has 2 aromatic carbocycles. The van der Waals surface area contributed by atoms with Crippen LogP contribution in [-0.4, -0.2) is 51.3 Å². The predicted molar refractivity (Wildman–Crippen MR) is 131 cm³/mol. The molecule has 0 radical (unpaired) electrons. The molecular weight excluding hydrogens is 485 g/mol. The van der Waals surface area contributed by atoms with Crippen LogP contribution >= 0.6 is 23.2 Å². The van der Waals surface area contributed by atoms with Gasteiger partial charge in [0.25, 0.3) is 10.1 Å². The average Bonchev–Trinajstić information content (AvgIpc) is 3.14. The molecule has 180 valence electrons. The Morgan fingerprint density at radius 1 is 1.15 bits per heavy atom. The molecule has 1 fully saturated rings. The fraction of sp³-hybridized carbons (Fsp3) is 0.458. The summed E-state index contributed by atoms with van der Waals surface area (Å²) >= 11 is 12.4. The Morgan fingerprint density at radius 3 is 2.58 bits per heavy atom. The maximum Gasteiger partial charge on any atom is 0.264 e. The van der Waals surface area contributed by atoms with Gasteiger partial charge in [-0.3, -0.25) is 8.98 Å². The molecule has 3 rings (SSSR count). The van der Waals surface area contributed by atoms with Crippen molar-refractivity contribution in [3.8, 4) is 5.75 Å². The van der Waals surface area contributed by atoms with E-state index in [2.05, 4.69) is 0 Å².